The first-order chi connectivity index (χ1) is 9.91. The molecule has 2 rings (SSSR count). The first-order valence-corrected chi connectivity index (χ1v) is 6.76. The van der Waals surface area contributed by atoms with Crippen LogP contribution in [0.15, 0.2) is 18.2 Å². The lowest BCUT2D eigenvalue weighted by Crippen LogP contribution is -2.40. The minimum Gasteiger partial charge on any atom is -0.486 e. The fraction of sp³-hybridized carbons (Fsp3) is 0.571. The van der Waals surface area contributed by atoms with Crippen LogP contribution in [0.2, 0.25) is 0 Å². The average molecular weight is 305 g/mol. The van der Waals surface area contributed by atoms with E-state index in [2.05, 4.69) is 0 Å². The van der Waals surface area contributed by atoms with Crippen molar-refractivity contribution in [1.29, 1.82) is 0 Å². The lowest BCUT2D eigenvalue weighted by molar-refractivity contribution is -0.208. The molecular formula is C14H18F3NO3. The van der Waals surface area contributed by atoms with Gasteiger partial charge in [-0.1, -0.05) is 19.1 Å². The fourth-order valence-corrected chi connectivity index (χ4v) is 2.15. The molecule has 0 amide bonds. The van der Waals surface area contributed by atoms with E-state index in [1.807, 2.05) is 0 Å². The van der Waals surface area contributed by atoms with Crippen molar-refractivity contribution in [2.45, 2.75) is 25.7 Å². The van der Waals surface area contributed by atoms with Crippen LogP contribution in [-0.4, -0.2) is 48.6 Å². The van der Waals surface area contributed by atoms with Gasteiger partial charge in [0.25, 0.3) is 0 Å². The summed E-state index contributed by atoms with van der Waals surface area (Å²) in [6.45, 7) is 2.80. The highest BCUT2D eigenvalue weighted by Crippen LogP contribution is 2.34. The van der Waals surface area contributed by atoms with Gasteiger partial charge in [-0.2, -0.15) is 13.2 Å². The highest BCUT2D eigenvalue weighted by atomic mass is 19.4. The van der Waals surface area contributed by atoms with E-state index >= 15 is 0 Å². The van der Waals surface area contributed by atoms with E-state index in [0.29, 0.717) is 31.3 Å². The Labute approximate surface area is 121 Å². The Morgan fingerprint density at radius 2 is 2.00 bits per heavy atom. The van der Waals surface area contributed by atoms with Gasteiger partial charge in [0.1, 0.15) is 13.2 Å². The van der Waals surface area contributed by atoms with Gasteiger partial charge in [-0.05, 0) is 12.6 Å². The zero-order chi connectivity index (χ0) is 15.5. The number of benzene rings is 1. The third kappa shape index (κ3) is 4.01. The van der Waals surface area contributed by atoms with Crippen molar-refractivity contribution in [3.05, 3.63) is 23.8 Å². The largest absolute Gasteiger partial charge is 0.486 e. The van der Waals surface area contributed by atoms with Crippen molar-refractivity contribution >= 4 is 0 Å². The molecule has 0 aliphatic carbocycles. The van der Waals surface area contributed by atoms with Crippen LogP contribution in [0.4, 0.5) is 13.2 Å². The highest BCUT2D eigenvalue weighted by molar-refractivity contribution is 5.47. The Morgan fingerprint density at radius 3 is 2.67 bits per heavy atom. The van der Waals surface area contributed by atoms with Gasteiger partial charge in [-0.3, -0.25) is 4.90 Å². The van der Waals surface area contributed by atoms with Gasteiger partial charge in [0.05, 0.1) is 0 Å². The Balaban J connectivity index is 2.09. The summed E-state index contributed by atoms with van der Waals surface area (Å²) in [6.07, 6.45) is -6.96. The molecule has 1 heterocycles. The molecule has 0 saturated heterocycles. The van der Waals surface area contributed by atoms with Crippen molar-refractivity contribution in [3.8, 4) is 11.5 Å². The smallest absolute Gasteiger partial charge is 0.415 e. The third-order valence-electron chi connectivity index (χ3n) is 3.30. The molecule has 7 heteroatoms. The number of rotatable bonds is 5. The zero-order valence-corrected chi connectivity index (χ0v) is 11.7. The summed E-state index contributed by atoms with van der Waals surface area (Å²) in [6, 6.07) is 5.33. The molecule has 118 valence electrons. The molecule has 1 aliphatic rings. The maximum atomic E-state index is 12.4. The number of aliphatic hydroxyl groups is 1. The molecule has 0 fully saturated rings. The first kappa shape index (κ1) is 15.9. The van der Waals surface area contributed by atoms with E-state index in [1.165, 1.54) is 4.90 Å². The van der Waals surface area contributed by atoms with Crippen molar-refractivity contribution in [1.82, 2.24) is 4.90 Å². The molecule has 1 atom stereocenters. The molecule has 0 bridgehead atoms. The van der Waals surface area contributed by atoms with E-state index in [-0.39, 0.29) is 6.54 Å². The van der Waals surface area contributed by atoms with E-state index in [4.69, 9.17) is 9.47 Å². The third-order valence-corrected chi connectivity index (χ3v) is 3.30. The van der Waals surface area contributed by atoms with Gasteiger partial charge in [0, 0.05) is 18.7 Å². The summed E-state index contributed by atoms with van der Waals surface area (Å²) < 4.78 is 48.3. The second-order valence-corrected chi connectivity index (χ2v) is 4.83. The van der Waals surface area contributed by atoms with Gasteiger partial charge in [0.15, 0.2) is 17.6 Å². The Kier molecular flexibility index (Phi) is 4.95. The zero-order valence-electron chi connectivity index (χ0n) is 11.7. The molecule has 1 aliphatic heterocycles. The second kappa shape index (κ2) is 6.53. The SMILES string of the molecule is CCN(Cc1cccc2c1OCCO2)C[C@@H](O)C(F)(F)F. The predicted molar refractivity (Wildman–Crippen MR) is 70.4 cm³/mol. The summed E-state index contributed by atoms with van der Waals surface area (Å²) in [5.74, 6) is 1.18. The number of hydrogen-bond acceptors (Lipinski definition) is 4. The van der Waals surface area contributed by atoms with Crippen LogP contribution in [-0.2, 0) is 6.54 Å². The molecule has 0 aromatic heterocycles. The molecule has 0 unspecified atom stereocenters. The van der Waals surface area contributed by atoms with Gasteiger partial charge < -0.3 is 14.6 Å². The lowest BCUT2D eigenvalue weighted by atomic mass is 10.1. The summed E-state index contributed by atoms with van der Waals surface area (Å²) in [7, 11) is 0. The number of alkyl halides is 3. The molecule has 0 spiro atoms. The van der Waals surface area contributed by atoms with Crippen LogP contribution in [0.5, 0.6) is 11.5 Å². The molecule has 4 nitrogen and oxygen atoms in total. The minimum atomic E-state index is -4.61. The van der Waals surface area contributed by atoms with Crippen molar-refractivity contribution in [2.24, 2.45) is 0 Å². The molecular weight excluding hydrogens is 287 g/mol. The van der Waals surface area contributed by atoms with Gasteiger partial charge in [0.2, 0.25) is 0 Å². The van der Waals surface area contributed by atoms with E-state index < -0.39 is 18.8 Å². The second-order valence-electron chi connectivity index (χ2n) is 4.83. The quantitative estimate of drug-likeness (QED) is 0.905. The molecule has 0 saturated carbocycles. The van der Waals surface area contributed by atoms with Gasteiger partial charge in [-0.15, -0.1) is 0 Å². The average Bonchev–Trinajstić information content (AvgIpc) is 2.45. The monoisotopic (exact) mass is 305 g/mol. The number of para-hydroxylation sites is 1. The highest BCUT2D eigenvalue weighted by Gasteiger charge is 2.39. The fourth-order valence-electron chi connectivity index (χ4n) is 2.15. The van der Waals surface area contributed by atoms with Crippen LogP contribution >= 0.6 is 0 Å². The number of likely N-dealkylation sites (N-methyl/N-ethyl adjacent to an activating group) is 1. The van der Waals surface area contributed by atoms with Gasteiger partial charge >= 0.3 is 6.18 Å². The summed E-state index contributed by atoms with van der Waals surface area (Å²) in [5.41, 5.74) is 0.753. The normalized spacial score (nSPS) is 16.1. The van der Waals surface area contributed by atoms with Crippen molar-refractivity contribution in [3.63, 3.8) is 0 Å². The number of ether oxygens (including phenoxy) is 2. The standard InChI is InChI=1S/C14H18F3NO3/c1-2-18(9-12(19)14(15,16)17)8-10-4-3-5-11-13(10)21-7-6-20-11/h3-5,12,19H,2,6-9H2,1H3/t12-/m1/s1. The van der Waals surface area contributed by atoms with Crippen molar-refractivity contribution in [2.75, 3.05) is 26.3 Å². The Hall–Kier alpha value is -1.47. The number of nitrogens with zero attached hydrogens (tertiary/aromatic N) is 1. The maximum Gasteiger partial charge on any atom is 0.415 e. The predicted octanol–water partition coefficient (Wildman–Crippen LogP) is 2.20. The molecule has 1 aromatic carbocycles. The molecule has 1 N–H and O–H groups in total. The summed E-state index contributed by atoms with van der Waals surface area (Å²) in [5, 5.41) is 9.18. The number of aliphatic hydroxyl groups excluding tert-OH is 1. The summed E-state index contributed by atoms with van der Waals surface area (Å²) in [4.78, 5) is 1.52. The topological polar surface area (TPSA) is 41.9 Å². The van der Waals surface area contributed by atoms with Crippen LogP contribution < -0.4 is 9.47 Å². The van der Waals surface area contributed by atoms with Crippen LogP contribution in [0, 0.1) is 0 Å². The first-order valence-electron chi connectivity index (χ1n) is 6.76. The summed E-state index contributed by atoms with van der Waals surface area (Å²) >= 11 is 0. The Bertz CT molecular complexity index is 479. The molecule has 0 radical (unpaired) electrons. The van der Waals surface area contributed by atoms with Crippen LogP contribution in [0.1, 0.15) is 12.5 Å². The molecule has 21 heavy (non-hydrogen) atoms. The molecule has 1 aromatic rings. The van der Waals surface area contributed by atoms with E-state index in [9.17, 15) is 18.3 Å². The van der Waals surface area contributed by atoms with Crippen LogP contribution in [0.3, 0.4) is 0 Å². The van der Waals surface area contributed by atoms with Gasteiger partial charge in [-0.25, -0.2) is 0 Å². The van der Waals surface area contributed by atoms with E-state index in [0.717, 1.165) is 5.56 Å². The maximum absolute atomic E-state index is 12.4. The number of halogens is 3. The number of hydrogen-bond donors (Lipinski definition) is 1. The Morgan fingerprint density at radius 1 is 1.29 bits per heavy atom. The minimum absolute atomic E-state index is 0.260. The van der Waals surface area contributed by atoms with E-state index in [1.54, 1.807) is 25.1 Å². The lowest BCUT2D eigenvalue weighted by Gasteiger charge is -2.27. The van der Waals surface area contributed by atoms with Crippen LogP contribution in [0.25, 0.3) is 0 Å². The van der Waals surface area contributed by atoms with Crippen molar-refractivity contribution < 1.29 is 27.8 Å². The number of fused-ring (bicyclic) bond motifs is 1.